The molecule has 0 saturated carbocycles. The molecule has 3 N–H and O–H groups in total. The van der Waals surface area contributed by atoms with Crippen LogP contribution in [0, 0.1) is 29.1 Å². The maximum absolute atomic E-state index is 13.6. The van der Waals surface area contributed by atoms with Crippen LogP contribution in [0.5, 0.6) is 0 Å². The van der Waals surface area contributed by atoms with E-state index < -0.39 is 57.6 Å². The molecule has 9 heteroatoms. The number of hydrogen-bond acceptors (Lipinski definition) is 3. The lowest BCUT2D eigenvalue weighted by Gasteiger charge is -2.11. The average molecular weight is 304 g/mol. The SMILES string of the molecule is Nc1c(C(=O)O)ccnc1-c1c(F)c(F)c(F)c(F)c1F. The Balaban J connectivity index is 2.86. The predicted molar refractivity (Wildman–Crippen MR) is 60.8 cm³/mol. The van der Waals surface area contributed by atoms with Gasteiger partial charge in [-0.25, -0.2) is 26.7 Å². The third-order valence-electron chi connectivity index (χ3n) is 2.67. The maximum Gasteiger partial charge on any atom is 0.337 e. The fourth-order valence-electron chi connectivity index (χ4n) is 1.67. The Hall–Kier alpha value is -2.71. The van der Waals surface area contributed by atoms with Gasteiger partial charge >= 0.3 is 5.97 Å². The van der Waals surface area contributed by atoms with E-state index in [-0.39, 0.29) is 0 Å². The Morgan fingerprint density at radius 2 is 1.48 bits per heavy atom. The summed E-state index contributed by atoms with van der Waals surface area (Å²) in [6.07, 6.45) is 0.827. The molecule has 1 aromatic heterocycles. The minimum atomic E-state index is -2.33. The van der Waals surface area contributed by atoms with Gasteiger partial charge < -0.3 is 10.8 Å². The zero-order valence-corrected chi connectivity index (χ0v) is 9.92. The molecule has 0 spiro atoms. The van der Waals surface area contributed by atoms with Crippen molar-refractivity contribution in [2.45, 2.75) is 0 Å². The van der Waals surface area contributed by atoms with E-state index in [1.54, 1.807) is 0 Å². The number of carboxylic acids is 1. The number of aromatic carboxylic acids is 1. The summed E-state index contributed by atoms with van der Waals surface area (Å²) in [5.74, 6) is -12.5. The molecule has 0 aliphatic carbocycles. The third-order valence-corrected chi connectivity index (χ3v) is 2.67. The van der Waals surface area contributed by atoms with Crippen LogP contribution in [0.1, 0.15) is 10.4 Å². The molecule has 1 heterocycles. The summed E-state index contributed by atoms with van der Waals surface area (Å²) in [5.41, 5.74) is 1.86. The van der Waals surface area contributed by atoms with Crippen molar-refractivity contribution in [2.75, 3.05) is 5.73 Å². The first kappa shape index (κ1) is 14.7. The van der Waals surface area contributed by atoms with Gasteiger partial charge in [-0.3, -0.25) is 4.98 Å². The van der Waals surface area contributed by atoms with Crippen molar-refractivity contribution in [3.05, 3.63) is 46.9 Å². The first-order valence-corrected chi connectivity index (χ1v) is 5.27. The van der Waals surface area contributed by atoms with Gasteiger partial charge in [-0.1, -0.05) is 0 Å². The first-order chi connectivity index (χ1) is 9.77. The molecule has 21 heavy (non-hydrogen) atoms. The van der Waals surface area contributed by atoms with Gasteiger partial charge in [0.25, 0.3) is 0 Å². The van der Waals surface area contributed by atoms with E-state index in [1.807, 2.05) is 0 Å². The largest absolute Gasteiger partial charge is 0.478 e. The van der Waals surface area contributed by atoms with Crippen LogP contribution in [0.25, 0.3) is 11.3 Å². The Morgan fingerprint density at radius 3 is 1.95 bits per heavy atom. The van der Waals surface area contributed by atoms with Crippen molar-refractivity contribution in [1.29, 1.82) is 0 Å². The molecule has 0 aliphatic heterocycles. The number of rotatable bonds is 2. The van der Waals surface area contributed by atoms with Crippen LogP contribution in [0.4, 0.5) is 27.6 Å². The van der Waals surface area contributed by atoms with E-state index in [0.29, 0.717) is 0 Å². The smallest absolute Gasteiger partial charge is 0.337 e. The number of anilines is 1. The predicted octanol–water partition coefficient (Wildman–Crippen LogP) is 2.72. The number of carboxylic acid groups (broad SMARTS) is 1. The second-order valence-corrected chi connectivity index (χ2v) is 3.87. The Kier molecular flexibility index (Phi) is 3.50. The van der Waals surface area contributed by atoms with Gasteiger partial charge in [-0.2, -0.15) is 0 Å². The highest BCUT2D eigenvalue weighted by Gasteiger charge is 2.29. The van der Waals surface area contributed by atoms with Crippen LogP contribution in [0.15, 0.2) is 12.3 Å². The number of carbonyl (C=O) groups is 1. The van der Waals surface area contributed by atoms with Gasteiger partial charge in [-0.15, -0.1) is 0 Å². The molecule has 0 fully saturated rings. The van der Waals surface area contributed by atoms with E-state index in [9.17, 15) is 26.7 Å². The van der Waals surface area contributed by atoms with Crippen molar-refractivity contribution < 1.29 is 31.9 Å². The monoisotopic (exact) mass is 304 g/mol. The van der Waals surface area contributed by atoms with Gasteiger partial charge in [0.1, 0.15) is 5.69 Å². The molecule has 0 unspecified atom stereocenters. The number of pyridine rings is 1. The highest BCUT2D eigenvalue weighted by Crippen LogP contribution is 2.34. The van der Waals surface area contributed by atoms with Crippen LogP contribution >= 0.6 is 0 Å². The topological polar surface area (TPSA) is 76.2 Å². The van der Waals surface area contributed by atoms with Crippen molar-refractivity contribution in [2.24, 2.45) is 0 Å². The molecule has 0 amide bonds. The number of benzene rings is 1. The molecule has 2 aromatic rings. The van der Waals surface area contributed by atoms with Crippen molar-refractivity contribution in [3.8, 4) is 11.3 Å². The summed E-state index contributed by atoms with van der Waals surface area (Å²) < 4.78 is 66.5. The average Bonchev–Trinajstić information content (AvgIpc) is 2.44. The zero-order chi connectivity index (χ0) is 15.9. The fourth-order valence-corrected chi connectivity index (χ4v) is 1.67. The molecule has 0 saturated heterocycles. The summed E-state index contributed by atoms with van der Waals surface area (Å²) >= 11 is 0. The number of hydrogen-bond donors (Lipinski definition) is 2. The molecular formula is C12H5F5N2O2. The van der Waals surface area contributed by atoms with Crippen molar-refractivity contribution in [3.63, 3.8) is 0 Å². The molecule has 110 valence electrons. The minimum absolute atomic E-state index is 0.580. The summed E-state index contributed by atoms with van der Waals surface area (Å²) in [6.45, 7) is 0. The molecule has 2 rings (SSSR count). The van der Waals surface area contributed by atoms with E-state index in [2.05, 4.69) is 4.98 Å². The minimum Gasteiger partial charge on any atom is -0.478 e. The molecule has 0 atom stereocenters. The molecule has 0 aliphatic rings. The fraction of sp³-hybridized carbons (Fsp3) is 0. The summed E-state index contributed by atoms with van der Waals surface area (Å²) in [7, 11) is 0. The van der Waals surface area contributed by atoms with Crippen LogP contribution < -0.4 is 5.73 Å². The lowest BCUT2D eigenvalue weighted by atomic mass is 10.0. The molecule has 4 nitrogen and oxygen atoms in total. The second-order valence-electron chi connectivity index (χ2n) is 3.87. The van der Waals surface area contributed by atoms with E-state index in [0.717, 1.165) is 12.3 Å². The van der Waals surface area contributed by atoms with Gasteiger partial charge in [0.2, 0.25) is 5.82 Å². The Labute approximate surface area is 113 Å². The summed E-state index contributed by atoms with van der Waals surface area (Å²) in [6, 6.07) is 0.924. The number of aromatic nitrogens is 1. The van der Waals surface area contributed by atoms with Crippen LogP contribution in [-0.4, -0.2) is 16.1 Å². The zero-order valence-electron chi connectivity index (χ0n) is 9.92. The summed E-state index contributed by atoms with van der Waals surface area (Å²) in [5, 5.41) is 8.83. The molecule has 0 bridgehead atoms. The van der Waals surface area contributed by atoms with Gasteiger partial charge in [0.05, 0.1) is 16.8 Å². The second kappa shape index (κ2) is 5.00. The lowest BCUT2D eigenvalue weighted by Crippen LogP contribution is -2.09. The van der Waals surface area contributed by atoms with Gasteiger partial charge in [0, 0.05) is 6.20 Å². The first-order valence-electron chi connectivity index (χ1n) is 5.27. The quantitative estimate of drug-likeness (QED) is 0.508. The van der Waals surface area contributed by atoms with Crippen molar-refractivity contribution >= 4 is 11.7 Å². The lowest BCUT2D eigenvalue weighted by molar-refractivity contribution is 0.0698. The Morgan fingerprint density at radius 1 is 1.00 bits per heavy atom. The third kappa shape index (κ3) is 2.16. The number of nitrogens with zero attached hydrogens (tertiary/aromatic N) is 1. The highest BCUT2D eigenvalue weighted by atomic mass is 19.2. The van der Waals surface area contributed by atoms with Gasteiger partial charge in [0.15, 0.2) is 23.3 Å². The summed E-state index contributed by atoms with van der Waals surface area (Å²) in [4.78, 5) is 14.3. The van der Waals surface area contributed by atoms with Crippen molar-refractivity contribution in [1.82, 2.24) is 4.98 Å². The van der Waals surface area contributed by atoms with E-state index in [4.69, 9.17) is 10.8 Å². The van der Waals surface area contributed by atoms with E-state index >= 15 is 0 Å². The van der Waals surface area contributed by atoms with Gasteiger partial charge in [-0.05, 0) is 6.07 Å². The van der Waals surface area contributed by atoms with Crippen LogP contribution in [0.2, 0.25) is 0 Å². The molecule has 0 radical (unpaired) electrons. The normalized spacial score (nSPS) is 10.7. The standard InChI is InChI=1S/C12H5F5N2O2/c13-5-4(6(14)8(16)9(17)7(5)15)11-10(18)3(12(20)21)1-2-19-11/h1-2H,18H2,(H,20,21). The Bertz CT molecular complexity index is 735. The molecule has 1 aromatic carbocycles. The highest BCUT2D eigenvalue weighted by molar-refractivity contribution is 5.97. The van der Waals surface area contributed by atoms with Crippen LogP contribution in [-0.2, 0) is 0 Å². The number of nitrogen functional groups attached to an aromatic ring is 1. The number of nitrogens with two attached hydrogens (primary N) is 1. The number of halogens is 5. The maximum atomic E-state index is 13.6. The van der Waals surface area contributed by atoms with Crippen LogP contribution in [0.3, 0.4) is 0 Å². The van der Waals surface area contributed by atoms with E-state index in [1.165, 1.54) is 0 Å². The molecular weight excluding hydrogens is 299 g/mol.